The van der Waals surface area contributed by atoms with Crippen LogP contribution in [0.2, 0.25) is 0 Å². The Morgan fingerprint density at radius 2 is 1.51 bits per heavy atom. The maximum Gasteiger partial charge on any atom is 0.291 e. The van der Waals surface area contributed by atoms with E-state index in [2.05, 4.69) is 31.6 Å². The van der Waals surface area contributed by atoms with Crippen molar-refractivity contribution in [3.05, 3.63) is 96.2 Å². The Morgan fingerprint density at radius 1 is 0.814 bits per heavy atom. The number of carbonyl (C=O) groups is 5. The van der Waals surface area contributed by atoms with Crippen molar-refractivity contribution in [3.8, 4) is 22.6 Å². The van der Waals surface area contributed by atoms with E-state index >= 15 is 0 Å². The maximum atomic E-state index is 13.3. The van der Waals surface area contributed by atoms with Gasteiger partial charge in [-0.3, -0.25) is 24.0 Å². The van der Waals surface area contributed by atoms with Crippen LogP contribution in [-0.2, 0) is 23.7 Å². The molecule has 16 nitrogen and oxygen atoms in total. The summed E-state index contributed by atoms with van der Waals surface area (Å²) in [6, 6.07) is 19.5. The molecule has 5 N–H and O–H groups in total. The summed E-state index contributed by atoms with van der Waals surface area (Å²) in [5, 5.41) is 14.6. The van der Waals surface area contributed by atoms with E-state index in [0.717, 1.165) is 36.9 Å². The fraction of sp³-hybridized carbons (Fsp3) is 0.302. The SMILES string of the molecule is COc1cc2c(cc1OCCCC(=O)Nc1cn(C)c(C(=O)Nc3ccc(-c4cc(C(=O)Nc5ccc(NC(C)=O)cc5)n(C)c4)cc3)n1)NC[C@@H]1CCCCN1C2=O. The lowest BCUT2D eigenvalue weighted by atomic mass is 10.0. The van der Waals surface area contributed by atoms with Crippen molar-refractivity contribution in [1.82, 2.24) is 19.0 Å². The van der Waals surface area contributed by atoms with Crippen molar-refractivity contribution in [1.29, 1.82) is 0 Å². The van der Waals surface area contributed by atoms with Gasteiger partial charge in [-0.05, 0) is 79.8 Å². The molecule has 4 heterocycles. The molecule has 7 rings (SSSR count). The highest BCUT2D eigenvalue weighted by Gasteiger charge is 2.32. The molecule has 0 spiro atoms. The lowest BCUT2D eigenvalue weighted by Gasteiger charge is -2.34. The first-order valence-corrected chi connectivity index (χ1v) is 19.5. The van der Waals surface area contributed by atoms with Gasteiger partial charge in [-0.2, -0.15) is 0 Å². The Balaban J connectivity index is 0.888. The molecule has 5 amide bonds. The average Bonchev–Trinajstić information content (AvgIpc) is 3.76. The quantitative estimate of drug-likeness (QED) is 0.0875. The minimum absolute atomic E-state index is 0.00462. The molecule has 0 bridgehead atoms. The number of fused-ring (bicyclic) bond motifs is 2. The van der Waals surface area contributed by atoms with Gasteiger partial charge in [0.25, 0.3) is 17.7 Å². The Bertz CT molecular complexity index is 2380. The van der Waals surface area contributed by atoms with Crippen LogP contribution >= 0.6 is 0 Å². The van der Waals surface area contributed by atoms with E-state index in [-0.39, 0.29) is 54.3 Å². The van der Waals surface area contributed by atoms with Crippen LogP contribution in [0.4, 0.5) is 28.6 Å². The molecule has 59 heavy (non-hydrogen) atoms. The molecule has 1 fully saturated rings. The van der Waals surface area contributed by atoms with E-state index in [1.165, 1.54) is 18.6 Å². The maximum absolute atomic E-state index is 13.3. The van der Waals surface area contributed by atoms with Gasteiger partial charge in [0.1, 0.15) is 5.69 Å². The van der Waals surface area contributed by atoms with Gasteiger partial charge in [0.05, 0.1) is 25.0 Å². The van der Waals surface area contributed by atoms with E-state index in [0.29, 0.717) is 58.5 Å². The van der Waals surface area contributed by atoms with Crippen LogP contribution in [0.25, 0.3) is 11.1 Å². The van der Waals surface area contributed by atoms with E-state index in [9.17, 15) is 24.0 Å². The van der Waals surface area contributed by atoms with Gasteiger partial charge in [0.15, 0.2) is 17.3 Å². The molecule has 2 aliphatic rings. The zero-order valence-electron chi connectivity index (χ0n) is 33.4. The minimum Gasteiger partial charge on any atom is -0.493 e. The van der Waals surface area contributed by atoms with Crippen molar-refractivity contribution in [2.75, 3.05) is 53.4 Å². The number of piperidine rings is 1. The summed E-state index contributed by atoms with van der Waals surface area (Å²) in [5.41, 5.74) is 5.12. The number of hydrogen-bond donors (Lipinski definition) is 5. The minimum atomic E-state index is -0.459. The lowest BCUT2D eigenvalue weighted by Crippen LogP contribution is -2.45. The third-order valence-corrected chi connectivity index (χ3v) is 10.3. The average molecular weight is 802 g/mol. The van der Waals surface area contributed by atoms with Crippen LogP contribution in [0.5, 0.6) is 11.5 Å². The Kier molecular flexibility index (Phi) is 12.0. The van der Waals surface area contributed by atoms with Crippen LogP contribution in [0, 0.1) is 0 Å². The number of amides is 5. The largest absolute Gasteiger partial charge is 0.493 e. The summed E-state index contributed by atoms with van der Waals surface area (Å²) in [6.07, 6.45) is 7.04. The topological polar surface area (TPSA) is 190 Å². The fourth-order valence-electron chi connectivity index (χ4n) is 7.29. The number of aryl methyl sites for hydroxylation is 2. The van der Waals surface area contributed by atoms with E-state index < -0.39 is 5.91 Å². The summed E-state index contributed by atoms with van der Waals surface area (Å²) in [5.74, 6) is 0.0657. The molecule has 2 aliphatic heterocycles. The molecule has 3 aromatic carbocycles. The van der Waals surface area contributed by atoms with Crippen molar-refractivity contribution in [3.63, 3.8) is 0 Å². The number of hydrogen-bond acceptors (Lipinski definition) is 9. The van der Waals surface area contributed by atoms with Crippen molar-refractivity contribution in [2.45, 2.75) is 45.1 Å². The smallest absolute Gasteiger partial charge is 0.291 e. The highest BCUT2D eigenvalue weighted by atomic mass is 16.5. The van der Waals surface area contributed by atoms with E-state index in [1.807, 2.05) is 23.2 Å². The van der Waals surface area contributed by atoms with Crippen molar-refractivity contribution < 1.29 is 33.4 Å². The van der Waals surface area contributed by atoms with E-state index in [1.54, 1.807) is 79.5 Å². The molecule has 1 saturated heterocycles. The van der Waals surface area contributed by atoms with Gasteiger partial charge >= 0.3 is 0 Å². The number of benzene rings is 3. The Hall–Kier alpha value is -7.10. The zero-order chi connectivity index (χ0) is 41.6. The lowest BCUT2D eigenvalue weighted by molar-refractivity contribution is -0.116. The molecule has 0 radical (unpaired) electrons. The van der Waals surface area contributed by atoms with Crippen LogP contribution in [0.1, 0.15) is 70.5 Å². The Labute approximate surface area is 341 Å². The number of anilines is 5. The number of ether oxygens (including phenoxy) is 2. The molecule has 5 aromatic rings. The standard InChI is InChI=1S/C43H47N9O7/c1-26(53)45-29-14-16-31(17-15-29)46-41(55)35-20-28(24-50(35)2)27-10-12-30(13-11-27)47-42(56)40-49-38(25-51(40)3)48-39(54)9-7-19-59-37-22-34-33(21-36(37)58-4)43(57)52-18-6-5-8-32(52)23-44-34/h10-17,20-22,24-25,32,44H,5-9,18-19,23H2,1-4H3,(H,45,53)(H,46,55)(H,47,56)(H,48,54)/t32-/m0/s1. The monoisotopic (exact) mass is 801 g/mol. The van der Waals surface area contributed by atoms with Crippen LogP contribution < -0.4 is 36.1 Å². The van der Waals surface area contributed by atoms with Gasteiger partial charge in [0, 0.05) is 87.7 Å². The number of aromatic nitrogens is 3. The van der Waals surface area contributed by atoms with Crippen LogP contribution in [0.15, 0.2) is 79.1 Å². The molecule has 16 heteroatoms. The third kappa shape index (κ3) is 9.38. The summed E-state index contributed by atoms with van der Waals surface area (Å²) in [7, 11) is 4.98. The predicted molar refractivity (Wildman–Crippen MR) is 224 cm³/mol. The molecule has 0 aliphatic carbocycles. The first-order chi connectivity index (χ1) is 28.4. The number of carbonyl (C=O) groups excluding carboxylic acids is 5. The van der Waals surface area contributed by atoms with Crippen molar-refractivity contribution in [2.24, 2.45) is 14.1 Å². The highest BCUT2D eigenvalue weighted by molar-refractivity contribution is 6.05. The molecule has 0 unspecified atom stereocenters. The number of imidazole rings is 1. The van der Waals surface area contributed by atoms with Gasteiger partial charge in [-0.15, -0.1) is 0 Å². The second kappa shape index (κ2) is 17.6. The van der Waals surface area contributed by atoms with Gasteiger partial charge in [0.2, 0.25) is 17.6 Å². The van der Waals surface area contributed by atoms with Gasteiger partial charge in [-0.1, -0.05) is 12.1 Å². The first kappa shape index (κ1) is 40.1. The number of nitrogens with zero attached hydrogens (tertiary/aromatic N) is 4. The van der Waals surface area contributed by atoms with Crippen LogP contribution in [-0.4, -0.2) is 81.4 Å². The second-order valence-electron chi connectivity index (χ2n) is 14.6. The Morgan fingerprint density at radius 3 is 2.22 bits per heavy atom. The second-order valence-corrected chi connectivity index (χ2v) is 14.6. The predicted octanol–water partition coefficient (Wildman–Crippen LogP) is 6.12. The van der Waals surface area contributed by atoms with Gasteiger partial charge < -0.3 is 50.1 Å². The molecule has 1 atom stereocenters. The first-order valence-electron chi connectivity index (χ1n) is 19.5. The summed E-state index contributed by atoms with van der Waals surface area (Å²) >= 11 is 0. The van der Waals surface area contributed by atoms with Crippen molar-refractivity contribution >= 4 is 58.1 Å². The van der Waals surface area contributed by atoms with Gasteiger partial charge in [-0.25, -0.2) is 4.98 Å². The molecule has 2 aromatic heterocycles. The fourth-order valence-corrected chi connectivity index (χ4v) is 7.29. The zero-order valence-corrected chi connectivity index (χ0v) is 33.4. The highest BCUT2D eigenvalue weighted by Crippen LogP contribution is 2.37. The van der Waals surface area contributed by atoms with E-state index in [4.69, 9.17) is 9.47 Å². The molecule has 306 valence electrons. The summed E-state index contributed by atoms with van der Waals surface area (Å²) < 4.78 is 14.8. The van der Waals surface area contributed by atoms with Crippen LogP contribution in [0.3, 0.4) is 0 Å². The molecular formula is C43H47N9O7. The number of rotatable bonds is 13. The molecular weight excluding hydrogens is 755 g/mol. The molecule has 0 saturated carbocycles. The number of methoxy groups -OCH3 is 1. The summed E-state index contributed by atoms with van der Waals surface area (Å²) in [4.78, 5) is 70.0. The number of nitrogens with one attached hydrogen (secondary N) is 5. The third-order valence-electron chi connectivity index (χ3n) is 10.3. The normalized spacial score (nSPS) is 14.5. The summed E-state index contributed by atoms with van der Waals surface area (Å²) in [6.45, 7) is 3.09.